The van der Waals surface area contributed by atoms with Gasteiger partial charge in [-0.3, -0.25) is 0 Å². The Kier molecular flexibility index (Phi) is 5.00. The molecule has 1 heterocycles. The van der Waals surface area contributed by atoms with E-state index in [0.717, 1.165) is 28.7 Å². The highest BCUT2D eigenvalue weighted by Gasteiger charge is 2.33. The zero-order valence-electron chi connectivity index (χ0n) is 14.5. The number of rotatable bonds is 3. The van der Waals surface area contributed by atoms with Crippen molar-refractivity contribution in [1.82, 2.24) is 4.31 Å². The molecule has 1 fully saturated rings. The van der Waals surface area contributed by atoms with Crippen molar-refractivity contribution in [2.24, 2.45) is 0 Å². The molecule has 0 spiro atoms. The largest absolute Gasteiger partial charge is 0.375 e. The lowest BCUT2D eigenvalue weighted by Gasteiger charge is -2.33. The molecular weight excluding hydrogens is 298 g/mol. The molecule has 5 heteroatoms. The molecule has 4 nitrogen and oxygen atoms in total. The standard InChI is InChI=1S/C17H27NO3S/c1-7-16-10-18(8-9-21-16)22(19,20)17-14(5)12(3)11(2)13(4)15(17)6/h16H,7-10H2,1-6H3. The molecular formula is C17H27NO3S. The lowest BCUT2D eigenvalue weighted by molar-refractivity contribution is -0.00280. The SMILES string of the molecule is CCC1CN(S(=O)(=O)c2c(C)c(C)c(C)c(C)c2C)CCO1. The number of ether oxygens (including phenoxy) is 1. The second-order valence-corrected chi connectivity index (χ2v) is 8.09. The van der Waals surface area contributed by atoms with Crippen LogP contribution in [0.2, 0.25) is 0 Å². The van der Waals surface area contributed by atoms with E-state index in [1.165, 1.54) is 5.56 Å². The van der Waals surface area contributed by atoms with E-state index < -0.39 is 10.0 Å². The van der Waals surface area contributed by atoms with Crippen molar-refractivity contribution in [2.75, 3.05) is 19.7 Å². The van der Waals surface area contributed by atoms with Crippen LogP contribution in [0, 0.1) is 34.6 Å². The Morgan fingerprint density at radius 2 is 1.50 bits per heavy atom. The van der Waals surface area contributed by atoms with Gasteiger partial charge in [0.1, 0.15) is 0 Å². The molecule has 22 heavy (non-hydrogen) atoms. The monoisotopic (exact) mass is 325 g/mol. The Morgan fingerprint density at radius 1 is 1.00 bits per heavy atom. The number of sulfonamides is 1. The summed E-state index contributed by atoms with van der Waals surface area (Å²) in [6.07, 6.45) is 0.826. The Morgan fingerprint density at radius 3 is 2.00 bits per heavy atom. The normalized spacial score (nSPS) is 20.4. The van der Waals surface area contributed by atoms with Gasteiger partial charge < -0.3 is 4.74 Å². The zero-order chi connectivity index (χ0) is 16.7. The summed E-state index contributed by atoms with van der Waals surface area (Å²) in [6.45, 7) is 13.3. The molecule has 1 atom stereocenters. The predicted molar refractivity (Wildman–Crippen MR) is 88.9 cm³/mol. The van der Waals surface area contributed by atoms with Crippen LogP contribution in [0.4, 0.5) is 0 Å². The molecule has 0 aromatic heterocycles. The smallest absolute Gasteiger partial charge is 0.243 e. The molecule has 0 radical (unpaired) electrons. The summed E-state index contributed by atoms with van der Waals surface area (Å²) in [7, 11) is -3.47. The van der Waals surface area contributed by atoms with Crippen molar-refractivity contribution in [3.63, 3.8) is 0 Å². The van der Waals surface area contributed by atoms with Gasteiger partial charge in [0.2, 0.25) is 10.0 Å². The van der Waals surface area contributed by atoms with E-state index in [-0.39, 0.29) is 6.10 Å². The summed E-state index contributed by atoms with van der Waals surface area (Å²) >= 11 is 0. The van der Waals surface area contributed by atoms with E-state index in [2.05, 4.69) is 6.92 Å². The summed E-state index contributed by atoms with van der Waals surface area (Å²) < 4.78 is 33.6. The topological polar surface area (TPSA) is 46.6 Å². The van der Waals surface area contributed by atoms with Crippen molar-refractivity contribution in [3.8, 4) is 0 Å². The number of hydrogen-bond donors (Lipinski definition) is 0. The third-order valence-corrected chi connectivity index (χ3v) is 7.23. The van der Waals surface area contributed by atoms with E-state index in [0.29, 0.717) is 24.6 Å². The van der Waals surface area contributed by atoms with Gasteiger partial charge in [-0.15, -0.1) is 0 Å². The van der Waals surface area contributed by atoms with Gasteiger partial charge in [-0.1, -0.05) is 6.92 Å². The first-order valence-corrected chi connectivity index (χ1v) is 9.34. The molecule has 0 N–H and O–H groups in total. The Balaban J connectivity index is 2.55. The molecule has 124 valence electrons. The highest BCUT2D eigenvalue weighted by molar-refractivity contribution is 7.89. The summed E-state index contributed by atoms with van der Waals surface area (Å²) in [5.41, 5.74) is 5.08. The molecule has 1 aromatic rings. The molecule has 0 aliphatic carbocycles. The maximum absolute atomic E-state index is 13.2. The van der Waals surface area contributed by atoms with E-state index in [1.54, 1.807) is 4.31 Å². The highest BCUT2D eigenvalue weighted by Crippen LogP contribution is 2.32. The van der Waals surface area contributed by atoms with Crippen LogP contribution in [-0.4, -0.2) is 38.5 Å². The van der Waals surface area contributed by atoms with E-state index in [4.69, 9.17) is 4.74 Å². The van der Waals surface area contributed by atoms with E-state index in [9.17, 15) is 8.42 Å². The average molecular weight is 325 g/mol. The van der Waals surface area contributed by atoms with E-state index >= 15 is 0 Å². The molecule has 1 aromatic carbocycles. The third kappa shape index (κ3) is 2.82. The van der Waals surface area contributed by atoms with Crippen LogP contribution in [0.3, 0.4) is 0 Å². The van der Waals surface area contributed by atoms with Gasteiger partial charge >= 0.3 is 0 Å². The minimum absolute atomic E-state index is 0.00298. The fourth-order valence-electron chi connectivity index (χ4n) is 3.14. The second kappa shape index (κ2) is 6.30. The maximum Gasteiger partial charge on any atom is 0.243 e. The van der Waals surface area contributed by atoms with Gasteiger partial charge in [-0.05, 0) is 68.9 Å². The molecule has 1 saturated heterocycles. The van der Waals surface area contributed by atoms with Gasteiger partial charge in [0, 0.05) is 13.1 Å². The van der Waals surface area contributed by atoms with Crippen molar-refractivity contribution in [2.45, 2.75) is 59.0 Å². The fourth-order valence-corrected chi connectivity index (χ4v) is 5.15. The van der Waals surface area contributed by atoms with E-state index in [1.807, 2.05) is 34.6 Å². The van der Waals surface area contributed by atoms with Gasteiger partial charge in [0.15, 0.2) is 0 Å². The lowest BCUT2D eigenvalue weighted by atomic mass is 9.95. The number of morpholine rings is 1. The first-order chi connectivity index (χ1) is 10.2. The number of nitrogens with zero attached hydrogens (tertiary/aromatic N) is 1. The van der Waals surface area contributed by atoms with Crippen molar-refractivity contribution in [1.29, 1.82) is 0 Å². The summed E-state index contributed by atoms with van der Waals surface area (Å²) in [6, 6.07) is 0. The molecule has 1 aliphatic rings. The first-order valence-electron chi connectivity index (χ1n) is 7.90. The van der Waals surface area contributed by atoms with Crippen LogP contribution in [0.15, 0.2) is 4.90 Å². The predicted octanol–water partition coefficient (Wildman–Crippen LogP) is 3.03. The average Bonchev–Trinajstić information content (AvgIpc) is 2.51. The molecule has 1 aliphatic heterocycles. The van der Waals surface area contributed by atoms with Crippen LogP contribution < -0.4 is 0 Å². The molecule has 0 saturated carbocycles. The van der Waals surface area contributed by atoms with Gasteiger partial charge in [0.25, 0.3) is 0 Å². The summed E-state index contributed by atoms with van der Waals surface area (Å²) in [4.78, 5) is 0.491. The van der Waals surface area contributed by atoms with Crippen LogP contribution in [0.1, 0.15) is 41.2 Å². The highest BCUT2D eigenvalue weighted by atomic mass is 32.2. The quantitative estimate of drug-likeness (QED) is 0.858. The van der Waals surface area contributed by atoms with Crippen LogP contribution >= 0.6 is 0 Å². The number of hydrogen-bond acceptors (Lipinski definition) is 3. The van der Waals surface area contributed by atoms with Crippen molar-refractivity contribution < 1.29 is 13.2 Å². The van der Waals surface area contributed by atoms with Crippen molar-refractivity contribution >= 4 is 10.0 Å². The molecule has 0 amide bonds. The molecule has 1 unspecified atom stereocenters. The fraction of sp³-hybridized carbons (Fsp3) is 0.647. The van der Waals surface area contributed by atoms with Crippen LogP contribution in [-0.2, 0) is 14.8 Å². The Labute approximate surface area is 134 Å². The Hall–Kier alpha value is -0.910. The zero-order valence-corrected chi connectivity index (χ0v) is 15.3. The molecule has 2 rings (SSSR count). The number of benzene rings is 1. The lowest BCUT2D eigenvalue weighted by Crippen LogP contribution is -2.45. The van der Waals surface area contributed by atoms with Crippen LogP contribution in [0.5, 0.6) is 0 Å². The summed E-state index contributed by atoms with van der Waals surface area (Å²) in [5, 5.41) is 0. The maximum atomic E-state index is 13.2. The van der Waals surface area contributed by atoms with Crippen LogP contribution in [0.25, 0.3) is 0 Å². The van der Waals surface area contributed by atoms with Crippen molar-refractivity contribution in [3.05, 3.63) is 27.8 Å². The van der Waals surface area contributed by atoms with Gasteiger partial charge in [-0.2, -0.15) is 4.31 Å². The van der Waals surface area contributed by atoms with Gasteiger partial charge in [-0.25, -0.2) is 8.42 Å². The summed E-state index contributed by atoms with van der Waals surface area (Å²) in [5.74, 6) is 0. The minimum atomic E-state index is -3.47. The molecule has 0 bridgehead atoms. The minimum Gasteiger partial charge on any atom is -0.375 e. The second-order valence-electron chi connectivity index (χ2n) is 6.22. The third-order valence-electron chi connectivity index (χ3n) is 5.09. The van der Waals surface area contributed by atoms with Gasteiger partial charge in [0.05, 0.1) is 17.6 Å². The Bertz CT molecular complexity index is 651. The first kappa shape index (κ1) is 17.4.